The van der Waals surface area contributed by atoms with E-state index < -0.39 is 6.10 Å². The van der Waals surface area contributed by atoms with Crippen LogP contribution in [0.2, 0.25) is 0 Å². The molecule has 1 amide bonds. The monoisotopic (exact) mass is 417 g/mol. The minimum Gasteiger partial charge on any atom is -0.493 e. The number of carbonyl (C=O) groups excluding carboxylic acids is 1. The molecule has 0 bridgehead atoms. The fourth-order valence-corrected chi connectivity index (χ4v) is 2.80. The lowest BCUT2D eigenvalue weighted by atomic mass is 10.1. The highest BCUT2D eigenvalue weighted by Gasteiger charge is 2.14. The Morgan fingerprint density at radius 3 is 2.03 bits per heavy atom. The van der Waals surface area contributed by atoms with Crippen LogP contribution in [0.25, 0.3) is 6.08 Å². The highest BCUT2D eigenvalue weighted by Crippen LogP contribution is 2.38. The van der Waals surface area contributed by atoms with Crippen molar-refractivity contribution in [3.05, 3.63) is 47.5 Å². The van der Waals surface area contributed by atoms with Crippen molar-refractivity contribution in [3.63, 3.8) is 0 Å². The molecule has 162 valence electrons. The minimum atomic E-state index is -0.900. The number of nitrogens with one attached hydrogen (secondary N) is 1. The first-order valence-electron chi connectivity index (χ1n) is 9.13. The summed E-state index contributed by atoms with van der Waals surface area (Å²) in [4.78, 5) is 12.2. The normalized spacial score (nSPS) is 11.7. The van der Waals surface area contributed by atoms with Crippen LogP contribution in [0.5, 0.6) is 28.7 Å². The molecule has 0 radical (unpaired) electrons. The van der Waals surface area contributed by atoms with E-state index in [0.29, 0.717) is 39.9 Å². The average molecular weight is 417 g/mol. The molecular weight excluding hydrogens is 390 g/mol. The minimum absolute atomic E-state index is 0.0356. The maximum Gasteiger partial charge on any atom is 0.244 e. The van der Waals surface area contributed by atoms with Crippen LogP contribution in [-0.4, -0.2) is 53.1 Å². The van der Waals surface area contributed by atoms with Crippen LogP contribution in [0.3, 0.4) is 0 Å². The third-order valence-electron chi connectivity index (χ3n) is 4.38. The largest absolute Gasteiger partial charge is 0.493 e. The number of benzene rings is 2. The van der Waals surface area contributed by atoms with Gasteiger partial charge in [-0.1, -0.05) is 6.07 Å². The third-order valence-corrected chi connectivity index (χ3v) is 4.38. The summed E-state index contributed by atoms with van der Waals surface area (Å²) in [6, 6.07) is 8.53. The van der Waals surface area contributed by atoms with Gasteiger partial charge in [-0.05, 0) is 41.5 Å². The number of aliphatic hydroxyl groups is 1. The molecule has 0 aliphatic rings. The summed E-state index contributed by atoms with van der Waals surface area (Å²) < 4.78 is 26.3. The molecule has 2 aromatic rings. The Morgan fingerprint density at radius 2 is 1.50 bits per heavy atom. The number of aliphatic hydroxyl groups excluding tert-OH is 1. The predicted molar refractivity (Wildman–Crippen MR) is 113 cm³/mol. The van der Waals surface area contributed by atoms with E-state index in [1.54, 1.807) is 36.4 Å². The zero-order valence-electron chi connectivity index (χ0n) is 17.7. The van der Waals surface area contributed by atoms with Crippen LogP contribution in [0.1, 0.15) is 17.2 Å². The van der Waals surface area contributed by atoms with E-state index in [9.17, 15) is 9.90 Å². The first-order chi connectivity index (χ1) is 14.5. The smallest absolute Gasteiger partial charge is 0.244 e. The number of hydrogen-bond acceptors (Lipinski definition) is 7. The summed E-state index contributed by atoms with van der Waals surface area (Å²) >= 11 is 0. The van der Waals surface area contributed by atoms with Crippen molar-refractivity contribution >= 4 is 12.0 Å². The topological polar surface area (TPSA) is 95.5 Å². The fourth-order valence-electron chi connectivity index (χ4n) is 2.80. The van der Waals surface area contributed by atoms with Crippen molar-refractivity contribution in [1.29, 1.82) is 0 Å². The van der Waals surface area contributed by atoms with E-state index in [4.69, 9.17) is 23.7 Å². The van der Waals surface area contributed by atoms with Crippen LogP contribution in [-0.2, 0) is 4.79 Å². The van der Waals surface area contributed by atoms with Crippen LogP contribution < -0.4 is 29.0 Å². The van der Waals surface area contributed by atoms with Crippen LogP contribution in [0.15, 0.2) is 36.4 Å². The van der Waals surface area contributed by atoms with Crippen molar-refractivity contribution in [2.45, 2.75) is 6.10 Å². The predicted octanol–water partition coefficient (Wildman–Crippen LogP) is 2.59. The number of carbonyl (C=O) groups is 1. The molecule has 2 rings (SSSR count). The van der Waals surface area contributed by atoms with E-state index in [0.717, 1.165) is 0 Å². The van der Waals surface area contributed by atoms with E-state index >= 15 is 0 Å². The van der Waals surface area contributed by atoms with Crippen molar-refractivity contribution in [1.82, 2.24) is 5.32 Å². The third kappa shape index (κ3) is 5.57. The number of rotatable bonds is 10. The van der Waals surface area contributed by atoms with Gasteiger partial charge in [0.25, 0.3) is 0 Å². The Kier molecular flexibility index (Phi) is 8.37. The van der Waals surface area contributed by atoms with Crippen LogP contribution in [0, 0.1) is 0 Å². The van der Waals surface area contributed by atoms with Gasteiger partial charge >= 0.3 is 0 Å². The van der Waals surface area contributed by atoms with Gasteiger partial charge in [-0.25, -0.2) is 0 Å². The first kappa shape index (κ1) is 22.9. The maximum atomic E-state index is 12.2. The standard InChI is InChI=1S/C22H27NO7/c1-26-17-8-7-15(12-18(17)27-2)16(24)13-23-21(25)9-6-14-10-19(28-3)22(30-5)20(11-14)29-4/h6-12,16,24H,13H2,1-5H3,(H,23,25)/b9-6+. The Balaban J connectivity index is 2.03. The Morgan fingerprint density at radius 1 is 0.900 bits per heavy atom. The maximum absolute atomic E-state index is 12.2. The van der Waals surface area contributed by atoms with Gasteiger partial charge in [0.05, 0.1) is 41.7 Å². The zero-order valence-corrected chi connectivity index (χ0v) is 17.7. The Hall–Kier alpha value is -3.39. The van der Waals surface area contributed by atoms with Crippen LogP contribution >= 0.6 is 0 Å². The fraction of sp³-hybridized carbons (Fsp3) is 0.318. The molecule has 8 heteroatoms. The molecule has 0 saturated heterocycles. The van der Waals surface area contributed by atoms with Gasteiger partial charge in [-0.3, -0.25) is 4.79 Å². The summed E-state index contributed by atoms with van der Waals surface area (Å²) in [6.07, 6.45) is 2.08. The SMILES string of the molecule is COc1ccc(C(O)CNC(=O)/C=C/c2cc(OC)c(OC)c(OC)c2)cc1OC. The van der Waals surface area contributed by atoms with E-state index in [1.165, 1.54) is 41.6 Å². The van der Waals surface area contributed by atoms with Gasteiger partial charge in [0.1, 0.15) is 0 Å². The van der Waals surface area contributed by atoms with Crippen molar-refractivity contribution in [2.24, 2.45) is 0 Å². The van der Waals surface area contributed by atoms with Gasteiger partial charge in [0, 0.05) is 12.6 Å². The number of methoxy groups -OCH3 is 5. The number of hydrogen-bond donors (Lipinski definition) is 2. The lowest BCUT2D eigenvalue weighted by Crippen LogP contribution is -2.26. The molecule has 0 heterocycles. The molecular formula is C22H27NO7. The summed E-state index contributed by atoms with van der Waals surface area (Å²) in [5, 5.41) is 13.0. The lowest BCUT2D eigenvalue weighted by Gasteiger charge is -2.14. The molecule has 1 unspecified atom stereocenters. The molecule has 0 spiro atoms. The van der Waals surface area contributed by atoms with E-state index in [-0.39, 0.29) is 12.5 Å². The lowest BCUT2D eigenvalue weighted by molar-refractivity contribution is -0.116. The number of ether oxygens (including phenoxy) is 5. The summed E-state index contributed by atoms with van der Waals surface area (Å²) in [5.41, 5.74) is 1.29. The second-order valence-corrected chi connectivity index (χ2v) is 6.17. The summed E-state index contributed by atoms with van der Waals surface area (Å²) in [7, 11) is 7.62. The van der Waals surface area contributed by atoms with E-state index in [2.05, 4.69) is 5.32 Å². The molecule has 8 nitrogen and oxygen atoms in total. The molecule has 30 heavy (non-hydrogen) atoms. The molecule has 0 saturated carbocycles. The average Bonchev–Trinajstić information content (AvgIpc) is 2.79. The Bertz CT molecular complexity index is 870. The summed E-state index contributed by atoms with van der Waals surface area (Å²) in [6.45, 7) is 0.0356. The van der Waals surface area contributed by atoms with Gasteiger partial charge in [0.2, 0.25) is 11.7 Å². The molecule has 0 aliphatic carbocycles. The zero-order chi connectivity index (χ0) is 22.1. The van der Waals surface area contributed by atoms with Crippen molar-refractivity contribution < 1.29 is 33.6 Å². The summed E-state index contributed by atoms with van der Waals surface area (Å²) in [5.74, 6) is 2.15. The molecule has 0 fully saturated rings. The highest BCUT2D eigenvalue weighted by molar-refractivity contribution is 5.91. The second kappa shape index (κ2) is 11.0. The molecule has 2 N–H and O–H groups in total. The molecule has 2 aromatic carbocycles. The van der Waals surface area contributed by atoms with Crippen molar-refractivity contribution in [3.8, 4) is 28.7 Å². The molecule has 1 atom stereocenters. The first-order valence-corrected chi connectivity index (χ1v) is 9.13. The highest BCUT2D eigenvalue weighted by atomic mass is 16.5. The Labute approximate surface area is 176 Å². The quantitative estimate of drug-likeness (QED) is 0.574. The molecule has 0 aliphatic heterocycles. The van der Waals surface area contributed by atoms with Crippen LogP contribution in [0.4, 0.5) is 0 Å². The van der Waals surface area contributed by atoms with Gasteiger partial charge < -0.3 is 34.1 Å². The molecule has 0 aromatic heterocycles. The van der Waals surface area contributed by atoms with Gasteiger partial charge in [-0.15, -0.1) is 0 Å². The van der Waals surface area contributed by atoms with Gasteiger partial charge in [0.15, 0.2) is 23.0 Å². The van der Waals surface area contributed by atoms with Crippen molar-refractivity contribution in [2.75, 3.05) is 42.1 Å². The second-order valence-electron chi connectivity index (χ2n) is 6.17. The van der Waals surface area contributed by atoms with Gasteiger partial charge in [-0.2, -0.15) is 0 Å². The van der Waals surface area contributed by atoms with E-state index in [1.807, 2.05) is 0 Å². The number of amides is 1.